The van der Waals surface area contributed by atoms with E-state index in [0.29, 0.717) is 16.7 Å². The maximum absolute atomic E-state index is 12.3. The Labute approximate surface area is 115 Å². The molecule has 0 radical (unpaired) electrons. The predicted molar refractivity (Wildman–Crippen MR) is 77.4 cm³/mol. The van der Waals surface area contributed by atoms with Crippen molar-refractivity contribution in [1.29, 1.82) is 5.26 Å². The molecule has 3 aromatic rings. The lowest BCUT2D eigenvalue weighted by atomic mass is 10.0. The van der Waals surface area contributed by atoms with Crippen molar-refractivity contribution in [3.8, 4) is 17.4 Å². The topological polar surface area (TPSA) is 54.0 Å². The molecule has 0 fully saturated rings. The molecule has 20 heavy (non-hydrogen) atoms. The van der Waals surface area contributed by atoms with Gasteiger partial charge in [0.05, 0.1) is 5.39 Å². The summed E-state index contributed by atoms with van der Waals surface area (Å²) in [6.07, 6.45) is 0. The Morgan fingerprint density at radius 1 is 1.05 bits per heavy atom. The summed E-state index contributed by atoms with van der Waals surface area (Å²) < 4.78 is 5.77. The van der Waals surface area contributed by atoms with E-state index in [1.54, 1.807) is 24.3 Å². The Kier molecular flexibility index (Phi) is 2.85. The summed E-state index contributed by atoms with van der Waals surface area (Å²) in [5, 5.41) is 9.70. The molecule has 0 aliphatic heterocycles. The zero-order valence-electron chi connectivity index (χ0n) is 10.9. The van der Waals surface area contributed by atoms with Gasteiger partial charge in [-0.15, -0.1) is 0 Å². The number of nitriles is 1. The third kappa shape index (κ3) is 1.88. The van der Waals surface area contributed by atoms with Gasteiger partial charge >= 0.3 is 0 Å². The van der Waals surface area contributed by atoms with E-state index in [4.69, 9.17) is 4.42 Å². The fourth-order valence-electron chi connectivity index (χ4n) is 2.15. The highest BCUT2D eigenvalue weighted by atomic mass is 16.3. The molecule has 3 nitrogen and oxygen atoms in total. The van der Waals surface area contributed by atoms with Crippen molar-refractivity contribution < 1.29 is 4.42 Å². The van der Waals surface area contributed by atoms with Crippen LogP contribution < -0.4 is 5.43 Å². The van der Waals surface area contributed by atoms with Crippen molar-refractivity contribution in [3.63, 3.8) is 0 Å². The van der Waals surface area contributed by atoms with Gasteiger partial charge in [0.1, 0.15) is 17.2 Å². The van der Waals surface area contributed by atoms with Crippen LogP contribution in [0.5, 0.6) is 0 Å². The highest BCUT2D eigenvalue weighted by Crippen LogP contribution is 2.25. The van der Waals surface area contributed by atoms with Crippen LogP contribution in [0.2, 0.25) is 0 Å². The van der Waals surface area contributed by atoms with Crippen molar-refractivity contribution in [2.24, 2.45) is 0 Å². The van der Waals surface area contributed by atoms with Gasteiger partial charge in [0, 0.05) is 5.56 Å². The number of hydrogen-bond acceptors (Lipinski definition) is 3. The first-order valence-corrected chi connectivity index (χ1v) is 6.23. The van der Waals surface area contributed by atoms with E-state index in [0.717, 1.165) is 11.1 Å². The standard InChI is InChI=1S/C17H11NO2/c1-11-6-8-12(9-7-11)17-14(10-18)16(19)13-4-2-3-5-15(13)20-17/h2-9H,1H3. The highest BCUT2D eigenvalue weighted by Gasteiger charge is 2.15. The number of aryl methyl sites for hydroxylation is 1. The predicted octanol–water partition coefficient (Wildman–Crippen LogP) is 3.64. The van der Waals surface area contributed by atoms with Gasteiger partial charge in [0.2, 0.25) is 5.43 Å². The highest BCUT2D eigenvalue weighted by molar-refractivity contribution is 5.81. The van der Waals surface area contributed by atoms with Crippen molar-refractivity contribution >= 4 is 11.0 Å². The summed E-state index contributed by atoms with van der Waals surface area (Å²) in [6, 6.07) is 16.5. The van der Waals surface area contributed by atoms with E-state index >= 15 is 0 Å². The molecule has 96 valence electrons. The monoisotopic (exact) mass is 261 g/mol. The average Bonchev–Trinajstić information content (AvgIpc) is 2.48. The fourth-order valence-corrected chi connectivity index (χ4v) is 2.15. The number of rotatable bonds is 1. The molecule has 0 aliphatic rings. The molecular weight excluding hydrogens is 250 g/mol. The number of para-hydroxylation sites is 1. The van der Waals surface area contributed by atoms with E-state index in [1.165, 1.54) is 0 Å². The first-order valence-electron chi connectivity index (χ1n) is 6.23. The molecule has 3 rings (SSSR count). The average molecular weight is 261 g/mol. The van der Waals surface area contributed by atoms with Gasteiger partial charge in [0.25, 0.3) is 0 Å². The zero-order valence-corrected chi connectivity index (χ0v) is 10.9. The Morgan fingerprint density at radius 3 is 2.45 bits per heavy atom. The molecular formula is C17H11NO2. The van der Waals surface area contributed by atoms with Crippen molar-refractivity contribution in [2.45, 2.75) is 6.92 Å². The largest absolute Gasteiger partial charge is 0.454 e. The molecule has 1 aromatic heterocycles. The second-order valence-corrected chi connectivity index (χ2v) is 4.61. The minimum Gasteiger partial charge on any atom is -0.454 e. The smallest absolute Gasteiger partial charge is 0.211 e. The minimum absolute atomic E-state index is 0.0487. The van der Waals surface area contributed by atoms with Crippen LogP contribution in [0.15, 0.2) is 57.7 Å². The summed E-state index contributed by atoms with van der Waals surface area (Å²) in [6.45, 7) is 1.98. The van der Waals surface area contributed by atoms with Crippen LogP contribution in [-0.2, 0) is 0 Å². The van der Waals surface area contributed by atoms with Crippen molar-refractivity contribution in [3.05, 3.63) is 69.9 Å². The number of nitrogens with zero attached hydrogens (tertiary/aromatic N) is 1. The van der Waals surface area contributed by atoms with Gasteiger partial charge in [0.15, 0.2) is 5.76 Å². The van der Waals surface area contributed by atoms with Crippen LogP contribution in [0.25, 0.3) is 22.3 Å². The third-order valence-corrected chi connectivity index (χ3v) is 3.22. The molecule has 0 amide bonds. The van der Waals surface area contributed by atoms with Crippen molar-refractivity contribution in [2.75, 3.05) is 0 Å². The van der Waals surface area contributed by atoms with Crippen LogP contribution in [0.3, 0.4) is 0 Å². The molecule has 3 heteroatoms. The Morgan fingerprint density at radius 2 is 1.75 bits per heavy atom. The zero-order chi connectivity index (χ0) is 14.1. The van der Waals surface area contributed by atoms with Crippen LogP contribution in [0.1, 0.15) is 11.1 Å². The first kappa shape index (κ1) is 12.2. The van der Waals surface area contributed by atoms with Gasteiger partial charge in [-0.2, -0.15) is 5.26 Å². The summed E-state index contributed by atoms with van der Waals surface area (Å²) in [4.78, 5) is 12.3. The minimum atomic E-state index is -0.287. The Bertz CT molecular complexity index is 883. The lowest BCUT2D eigenvalue weighted by Crippen LogP contribution is -2.08. The molecule has 0 bridgehead atoms. The van der Waals surface area contributed by atoms with Crippen LogP contribution >= 0.6 is 0 Å². The fraction of sp³-hybridized carbons (Fsp3) is 0.0588. The second kappa shape index (κ2) is 4.67. The molecule has 0 unspecified atom stereocenters. The van der Waals surface area contributed by atoms with E-state index in [-0.39, 0.29) is 11.0 Å². The summed E-state index contributed by atoms with van der Waals surface area (Å²) in [5.41, 5.74) is 2.09. The molecule has 0 aliphatic carbocycles. The maximum atomic E-state index is 12.3. The molecule has 0 saturated heterocycles. The van der Waals surface area contributed by atoms with E-state index in [2.05, 4.69) is 0 Å². The molecule has 2 aromatic carbocycles. The van der Waals surface area contributed by atoms with Gasteiger partial charge in [-0.1, -0.05) is 42.0 Å². The number of benzene rings is 2. The third-order valence-electron chi connectivity index (χ3n) is 3.22. The molecule has 0 saturated carbocycles. The quantitative estimate of drug-likeness (QED) is 0.672. The lowest BCUT2D eigenvalue weighted by molar-refractivity contribution is 0.617. The first-order chi connectivity index (χ1) is 9.70. The molecule has 1 heterocycles. The number of hydrogen-bond donors (Lipinski definition) is 0. The molecule has 0 atom stereocenters. The molecule has 0 spiro atoms. The SMILES string of the molecule is Cc1ccc(-c2oc3ccccc3c(=O)c2C#N)cc1. The maximum Gasteiger partial charge on any atom is 0.211 e. The van der Waals surface area contributed by atoms with Gasteiger partial charge in [-0.05, 0) is 19.1 Å². The van der Waals surface area contributed by atoms with Crippen LogP contribution in [0, 0.1) is 18.3 Å². The van der Waals surface area contributed by atoms with E-state index < -0.39 is 0 Å². The second-order valence-electron chi connectivity index (χ2n) is 4.61. The van der Waals surface area contributed by atoms with Gasteiger partial charge in [-0.25, -0.2) is 0 Å². The van der Waals surface area contributed by atoms with Gasteiger partial charge in [-0.3, -0.25) is 4.79 Å². The Hall–Kier alpha value is -2.86. The van der Waals surface area contributed by atoms with E-state index in [9.17, 15) is 10.1 Å². The normalized spacial score (nSPS) is 10.4. The van der Waals surface area contributed by atoms with Crippen LogP contribution in [-0.4, -0.2) is 0 Å². The number of fused-ring (bicyclic) bond motifs is 1. The molecule has 0 N–H and O–H groups in total. The van der Waals surface area contributed by atoms with Crippen molar-refractivity contribution in [1.82, 2.24) is 0 Å². The van der Waals surface area contributed by atoms with E-state index in [1.807, 2.05) is 37.3 Å². The summed E-state index contributed by atoms with van der Waals surface area (Å²) in [7, 11) is 0. The van der Waals surface area contributed by atoms with Gasteiger partial charge < -0.3 is 4.42 Å². The Balaban J connectivity index is 2.38. The summed E-state index contributed by atoms with van der Waals surface area (Å²) >= 11 is 0. The van der Waals surface area contributed by atoms with Crippen LogP contribution in [0.4, 0.5) is 0 Å². The summed E-state index contributed by atoms with van der Waals surface area (Å²) in [5.74, 6) is 0.330. The lowest BCUT2D eigenvalue weighted by Gasteiger charge is -2.05.